The summed E-state index contributed by atoms with van der Waals surface area (Å²) in [4.78, 5) is 12.8. The number of carbonyl (C=O) groups is 1. The van der Waals surface area contributed by atoms with Crippen LogP contribution in [0.15, 0.2) is 34.9 Å². The van der Waals surface area contributed by atoms with Crippen molar-refractivity contribution in [3.8, 4) is 0 Å². The van der Waals surface area contributed by atoms with Crippen LogP contribution in [0.5, 0.6) is 0 Å². The van der Waals surface area contributed by atoms with Gasteiger partial charge in [-0.15, -0.1) is 0 Å². The van der Waals surface area contributed by atoms with Crippen molar-refractivity contribution in [3.63, 3.8) is 0 Å². The number of carbonyl (C=O) groups excluding carboxylic acids is 1. The Kier molecular flexibility index (Phi) is 6.03. The largest absolute Gasteiger partial charge is 0.345 e. The quantitative estimate of drug-likeness (QED) is 0.616. The molecule has 3 rings (SSSR count). The van der Waals surface area contributed by atoms with E-state index in [1.807, 2.05) is 74.4 Å². The second-order valence-electron chi connectivity index (χ2n) is 7.06. The van der Waals surface area contributed by atoms with Crippen molar-refractivity contribution < 1.29 is 4.79 Å². The molecule has 1 unspecified atom stereocenters. The smallest absolute Gasteiger partial charge is 0.251 e. The third-order valence-corrected chi connectivity index (χ3v) is 6.08. The highest BCUT2D eigenvalue weighted by atomic mass is 79.9. The first-order valence-corrected chi connectivity index (χ1v) is 10.2. The zero-order chi connectivity index (χ0) is 20.4. The first kappa shape index (κ1) is 20.3. The molecular weight excluding hydrogens is 418 g/mol. The van der Waals surface area contributed by atoms with Crippen molar-refractivity contribution in [2.45, 2.75) is 53.8 Å². The van der Waals surface area contributed by atoms with E-state index in [2.05, 4.69) is 31.4 Å². The number of rotatable bonds is 6. The molecule has 6 nitrogen and oxygen atoms in total. The van der Waals surface area contributed by atoms with Gasteiger partial charge in [0.05, 0.1) is 34.1 Å². The van der Waals surface area contributed by atoms with E-state index in [-0.39, 0.29) is 11.9 Å². The number of hydrogen-bond acceptors (Lipinski definition) is 3. The van der Waals surface area contributed by atoms with Crippen molar-refractivity contribution in [1.82, 2.24) is 24.9 Å². The molecule has 148 valence electrons. The summed E-state index contributed by atoms with van der Waals surface area (Å²) < 4.78 is 4.86. The summed E-state index contributed by atoms with van der Waals surface area (Å²) in [7, 11) is 0. The van der Waals surface area contributed by atoms with Crippen LogP contribution in [-0.4, -0.2) is 25.5 Å². The average molecular weight is 444 g/mol. The van der Waals surface area contributed by atoms with Crippen molar-refractivity contribution in [2.24, 2.45) is 0 Å². The van der Waals surface area contributed by atoms with E-state index in [1.165, 1.54) is 0 Å². The number of benzene rings is 1. The van der Waals surface area contributed by atoms with Gasteiger partial charge in [0.25, 0.3) is 5.91 Å². The maximum atomic E-state index is 12.8. The molecule has 0 radical (unpaired) electrons. The summed E-state index contributed by atoms with van der Waals surface area (Å²) in [5.41, 5.74) is 5.70. The lowest BCUT2D eigenvalue weighted by atomic mass is 10.1. The summed E-state index contributed by atoms with van der Waals surface area (Å²) in [5.74, 6) is -0.0902. The number of halogens is 1. The maximum absolute atomic E-state index is 12.8. The van der Waals surface area contributed by atoms with Gasteiger partial charge in [0.1, 0.15) is 0 Å². The Morgan fingerprint density at radius 2 is 1.96 bits per heavy atom. The third kappa shape index (κ3) is 4.19. The molecule has 28 heavy (non-hydrogen) atoms. The highest BCUT2D eigenvalue weighted by Crippen LogP contribution is 2.21. The van der Waals surface area contributed by atoms with Crippen LogP contribution in [0.3, 0.4) is 0 Å². The number of aromatic nitrogens is 4. The van der Waals surface area contributed by atoms with Crippen LogP contribution in [0.4, 0.5) is 0 Å². The van der Waals surface area contributed by atoms with Gasteiger partial charge in [0.15, 0.2) is 0 Å². The Hall–Kier alpha value is -2.41. The molecule has 1 N–H and O–H groups in total. The zero-order valence-corrected chi connectivity index (χ0v) is 18.5. The third-order valence-electron chi connectivity index (χ3n) is 4.94. The Morgan fingerprint density at radius 1 is 1.21 bits per heavy atom. The van der Waals surface area contributed by atoms with Gasteiger partial charge in [-0.1, -0.05) is 12.1 Å². The van der Waals surface area contributed by atoms with Gasteiger partial charge >= 0.3 is 0 Å². The molecule has 0 aliphatic heterocycles. The van der Waals surface area contributed by atoms with Gasteiger partial charge < -0.3 is 5.32 Å². The van der Waals surface area contributed by atoms with Gasteiger partial charge in [0, 0.05) is 23.9 Å². The molecule has 3 aromatic rings. The van der Waals surface area contributed by atoms with Crippen LogP contribution in [0.1, 0.15) is 58.5 Å². The fourth-order valence-electron chi connectivity index (χ4n) is 3.29. The van der Waals surface area contributed by atoms with E-state index in [4.69, 9.17) is 0 Å². The van der Waals surface area contributed by atoms with E-state index in [0.717, 1.165) is 39.2 Å². The Morgan fingerprint density at radius 3 is 2.57 bits per heavy atom. The Balaban J connectivity index is 1.74. The first-order valence-electron chi connectivity index (χ1n) is 9.43. The van der Waals surface area contributed by atoms with Crippen LogP contribution in [0.2, 0.25) is 0 Å². The molecule has 0 spiro atoms. The first-order chi connectivity index (χ1) is 13.3. The van der Waals surface area contributed by atoms with Crippen molar-refractivity contribution >= 4 is 21.8 Å². The zero-order valence-electron chi connectivity index (χ0n) is 17.0. The molecule has 1 amide bonds. The summed E-state index contributed by atoms with van der Waals surface area (Å²) >= 11 is 3.56. The number of nitrogens with one attached hydrogen (secondary N) is 1. The molecule has 0 aliphatic carbocycles. The van der Waals surface area contributed by atoms with Crippen molar-refractivity contribution in [2.75, 3.05) is 0 Å². The van der Waals surface area contributed by atoms with Gasteiger partial charge in [0.2, 0.25) is 0 Å². The van der Waals surface area contributed by atoms with Crippen molar-refractivity contribution in [3.05, 3.63) is 68.7 Å². The lowest BCUT2D eigenvalue weighted by Gasteiger charge is -2.14. The molecule has 7 heteroatoms. The van der Waals surface area contributed by atoms with Crippen LogP contribution in [0, 0.1) is 20.8 Å². The summed E-state index contributed by atoms with van der Waals surface area (Å²) in [6.45, 7) is 11.4. The minimum atomic E-state index is -0.108. The van der Waals surface area contributed by atoms with E-state index in [1.54, 1.807) is 0 Å². The summed E-state index contributed by atoms with van der Waals surface area (Å²) in [5, 5.41) is 12.1. The van der Waals surface area contributed by atoms with Gasteiger partial charge in [-0.3, -0.25) is 14.2 Å². The Labute approximate surface area is 174 Å². The SMILES string of the molecule is CCn1cc(C(C)NC(=O)c2cccc(Cn3nc(C)c(Br)c3C)c2)c(C)n1. The highest BCUT2D eigenvalue weighted by molar-refractivity contribution is 9.10. The van der Waals surface area contributed by atoms with Gasteiger partial charge in [-0.05, 0) is 68.2 Å². The minimum absolute atomic E-state index is 0.0902. The summed E-state index contributed by atoms with van der Waals surface area (Å²) in [6, 6.07) is 7.58. The van der Waals surface area contributed by atoms with Gasteiger partial charge in [-0.25, -0.2) is 0 Å². The van der Waals surface area contributed by atoms with Gasteiger partial charge in [-0.2, -0.15) is 10.2 Å². The molecular formula is C21H26BrN5O. The molecule has 0 fully saturated rings. The molecule has 1 aromatic carbocycles. The minimum Gasteiger partial charge on any atom is -0.345 e. The predicted octanol–water partition coefficient (Wildman–Crippen LogP) is 4.33. The monoisotopic (exact) mass is 443 g/mol. The van der Waals surface area contributed by atoms with Crippen LogP contribution in [-0.2, 0) is 13.1 Å². The second-order valence-corrected chi connectivity index (χ2v) is 7.86. The standard InChI is InChI=1S/C21H26BrN5O/c1-6-26-12-19(14(3)24-26)13(2)23-21(28)18-9-7-8-17(10-18)11-27-16(5)20(22)15(4)25-27/h7-10,12-13H,6,11H2,1-5H3,(H,23,28). The molecule has 0 aliphatic rings. The van der Waals surface area contributed by atoms with Crippen LogP contribution < -0.4 is 5.32 Å². The molecule has 0 bridgehead atoms. The Bertz CT molecular complexity index is 1000. The molecule has 0 saturated heterocycles. The number of hydrogen-bond donors (Lipinski definition) is 1. The molecule has 2 heterocycles. The fourth-order valence-corrected chi connectivity index (χ4v) is 3.57. The number of nitrogens with zero attached hydrogens (tertiary/aromatic N) is 4. The topological polar surface area (TPSA) is 64.7 Å². The van der Waals surface area contributed by atoms with E-state index in [0.29, 0.717) is 12.1 Å². The normalized spacial score (nSPS) is 12.2. The van der Waals surface area contributed by atoms with Crippen LogP contribution >= 0.6 is 15.9 Å². The van der Waals surface area contributed by atoms with Crippen LogP contribution in [0.25, 0.3) is 0 Å². The lowest BCUT2D eigenvalue weighted by Crippen LogP contribution is -2.27. The predicted molar refractivity (Wildman–Crippen MR) is 113 cm³/mol. The maximum Gasteiger partial charge on any atom is 0.251 e. The highest BCUT2D eigenvalue weighted by Gasteiger charge is 2.16. The van der Waals surface area contributed by atoms with Crippen molar-refractivity contribution in [1.29, 1.82) is 0 Å². The fraction of sp³-hybridized carbons (Fsp3) is 0.381. The lowest BCUT2D eigenvalue weighted by molar-refractivity contribution is 0.0939. The molecule has 0 saturated carbocycles. The molecule has 2 aromatic heterocycles. The number of amides is 1. The molecule has 1 atom stereocenters. The average Bonchev–Trinajstić information content (AvgIpc) is 3.17. The summed E-state index contributed by atoms with van der Waals surface area (Å²) in [6.07, 6.45) is 2.00. The second kappa shape index (κ2) is 8.31. The van der Waals surface area contributed by atoms with E-state index < -0.39 is 0 Å². The van der Waals surface area contributed by atoms with E-state index in [9.17, 15) is 4.79 Å². The van der Waals surface area contributed by atoms with E-state index >= 15 is 0 Å². The number of aryl methyl sites for hydroxylation is 3.